The number of benzene rings is 2. The zero-order chi connectivity index (χ0) is 24.1. The van der Waals surface area contributed by atoms with E-state index < -0.39 is 5.97 Å². The van der Waals surface area contributed by atoms with E-state index in [1.807, 2.05) is 31.2 Å². The third kappa shape index (κ3) is 6.23. The first-order chi connectivity index (χ1) is 16.4. The number of carboxylic acids is 1. The predicted octanol–water partition coefficient (Wildman–Crippen LogP) is 2.88. The normalized spacial score (nSPS) is 20.9. The average Bonchev–Trinajstić information content (AvgIpc) is 2.80. The number of rotatable bonds is 8. The molecule has 7 heteroatoms. The summed E-state index contributed by atoms with van der Waals surface area (Å²) in [7, 11) is 0. The molecule has 2 fully saturated rings. The zero-order valence-electron chi connectivity index (χ0n) is 19.6. The van der Waals surface area contributed by atoms with Crippen LogP contribution in [0.2, 0.25) is 0 Å². The Kier molecular flexibility index (Phi) is 7.63. The Bertz CT molecular complexity index is 1020. The molecule has 1 aliphatic heterocycles. The van der Waals surface area contributed by atoms with Crippen LogP contribution < -0.4 is 10.6 Å². The number of carbonyl (C=O) groups excluding carboxylic acids is 2. The Morgan fingerprint density at radius 1 is 1.00 bits per heavy atom. The molecule has 7 nitrogen and oxygen atoms in total. The topological polar surface area (TPSA) is 98.7 Å². The number of amides is 2. The molecule has 3 N–H and O–H groups in total. The van der Waals surface area contributed by atoms with Gasteiger partial charge in [-0.05, 0) is 61.8 Å². The van der Waals surface area contributed by atoms with E-state index in [2.05, 4.69) is 27.7 Å². The standard InChI is InChI=1S/C27H33N3O4/c1-18-3-2-4-22(13-18)27(34)28-15-25(31)29-23-16-30(17-23)24-11-9-21(10-12-24)20-7-5-19(6-8-20)14-26(32)33/h2-8,13,21,23-24H,9-12,14-17H2,1H3,(H,28,34)(H,29,31)(H,32,33)/t21-,24+. The number of likely N-dealkylation sites (tertiary alicyclic amines) is 1. The molecular weight excluding hydrogens is 430 g/mol. The molecule has 180 valence electrons. The summed E-state index contributed by atoms with van der Waals surface area (Å²) in [5.41, 5.74) is 3.71. The Hall–Kier alpha value is -3.19. The van der Waals surface area contributed by atoms with Crippen LogP contribution in [0.15, 0.2) is 48.5 Å². The van der Waals surface area contributed by atoms with Gasteiger partial charge in [-0.3, -0.25) is 19.3 Å². The van der Waals surface area contributed by atoms with Crippen LogP contribution in [0, 0.1) is 6.92 Å². The molecule has 4 rings (SSSR count). The summed E-state index contributed by atoms with van der Waals surface area (Å²) < 4.78 is 0. The second-order valence-corrected chi connectivity index (χ2v) is 9.59. The maximum Gasteiger partial charge on any atom is 0.307 e. The molecule has 2 aromatic rings. The van der Waals surface area contributed by atoms with Crippen molar-refractivity contribution in [1.29, 1.82) is 0 Å². The van der Waals surface area contributed by atoms with E-state index in [9.17, 15) is 14.4 Å². The number of carbonyl (C=O) groups is 3. The van der Waals surface area contributed by atoms with Gasteiger partial charge in [0, 0.05) is 24.7 Å². The van der Waals surface area contributed by atoms with Crippen LogP contribution in [0.5, 0.6) is 0 Å². The monoisotopic (exact) mass is 463 g/mol. The van der Waals surface area contributed by atoms with Gasteiger partial charge in [0.05, 0.1) is 19.0 Å². The van der Waals surface area contributed by atoms with Crippen LogP contribution in [0.1, 0.15) is 58.6 Å². The van der Waals surface area contributed by atoms with Crippen LogP contribution in [0.3, 0.4) is 0 Å². The average molecular weight is 464 g/mol. The number of nitrogens with one attached hydrogen (secondary N) is 2. The second-order valence-electron chi connectivity index (χ2n) is 9.59. The molecule has 2 aromatic carbocycles. The van der Waals surface area contributed by atoms with E-state index in [4.69, 9.17) is 5.11 Å². The van der Waals surface area contributed by atoms with Gasteiger partial charge in [-0.15, -0.1) is 0 Å². The summed E-state index contributed by atoms with van der Waals surface area (Å²) in [5, 5.41) is 14.6. The van der Waals surface area contributed by atoms with Gasteiger partial charge in [0.1, 0.15) is 0 Å². The SMILES string of the molecule is Cc1cccc(C(=O)NCC(=O)NC2CN([C@H]3CC[C@@H](c4ccc(CC(=O)O)cc4)CC3)C2)c1. The number of nitrogens with zero attached hydrogens (tertiary/aromatic N) is 1. The van der Waals surface area contributed by atoms with E-state index in [1.165, 1.54) is 5.56 Å². The van der Waals surface area contributed by atoms with E-state index in [1.54, 1.807) is 12.1 Å². The third-order valence-corrected chi connectivity index (χ3v) is 6.98. The first kappa shape index (κ1) is 24.0. The lowest BCUT2D eigenvalue weighted by Crippen LogP contribution is -2.63. The van der Waals surface area contributed by atoms with Crippen LogP contribution in [0.25, 0.3) is 0 Å². The highest BCUT2D eigenvalue weighted by atomic mass is 16.4. The van der Waals surface area contributed by atoms with Crippen molar-refractivity contribution in [1.82, 2.24) is 15.5 Å². The molecule has 0 radical (unpaired) electrons. The van der Waals surface area contributed by atoms with Crippen molar-refractivity contribution in [3.05, 3.63) is 70.8 Å². The molecule has 2 amide bonds. The fraction of sp³-hybridized carbons (Fsp3) is 0.444. The number of aryl methyl sites for hydroxylation is 1. The molecule has 34 heavy (non-hydrogen) atoms. The van der Waals surface area contributed by atoms with Crippen molar-refractivity contribution in [2.24, 2.45) is 0 Å². The maximum absolute atomic E-state index is 12.2. The number of hydrogen-bond donors (Lipinski definition) is 3. The molecule has 1 heterocycles. The molecule has 1 aliphatic carbocycles. The fourth-order valence-electron chi connectivity index (χ4n) is 5.09. The van der Waals surface area contributed by atoms with Gasteiger partial charge < -0.3 is 15.7 Å². The number of hydrogen-bond acceptors (Lipinski definition) is 4. The predicted molar refractivity (Wildman–Crippen MR) is 130 cm³/mol. The molecular formula is C27H33N3O4. The van der Waals surface area contributed by atoms with Gasteiger partial charge in [0.2, 0.25) is 5.91 Å². The minimum Gasteiger partial charge on any atom is -0.481 e. The molecule has 0 aromatic heterocycles. The van der Waals surface area contributed by atoms with Gasteiger partial charge in [0.25, 0.3) is 5.91 Å². The largest absolute Gasteiger partial charge is 0.481 e. The lowest BCUT2D eigenvalue weighted by atomic mass is 9.80. The summed E-state index contributed by atoms with van der Waals surface area (Å²) in [6, 6.07) is 16.0. The highest BCUT2D eigenvalue weighted by Gasteiger charge is 2.35. The molecule has 2 aliphatic rings. The first-order valence-corrected chi connectivity index (χ1v) is 12.1. The minimum absolute atomic E-state index is 0.0142. The van der Waals surface area contributed by atoms with Crippen LogP contribution in [-0.4, -0.2) is 59.5 Å². The van der Waals surface area contributed by atoms with E-state index in [0.717, 1.165) is 49.9 Å². The third-order valence-electron chi connectivity index (χ3n) is 6.98. The Morgan fingerprint density at radius 2 is 1.71 bits per heavy atom. The van der Waals surface area contributed by atoms with Crippen LogP contribution in [-0.2, 0) is 16.0 Å². The quantitative estimate of drug-likeness (QED) is 0.559. The molecule has 0 bridgehead atoms. The summed E-state index contributed by atoms with van der Waals surface area (Å²) in [5.74, 6) is -0.656. The van der Waals surface area contributed by atoms with Gasteiger partial charge in [-0.1, -0.05) is 42.0 Å². The molecule has 0 atom stereocenters. The lowest BCUT2D eigenvalue weighted by molar-refractivity contribution is -0.136. The Labute approximate surface area is 200 Å². The smallest absolute Gasteiger partial charge is 0.307 e. The molecule has 0 unspecified atom stereocenters. The van der Waals surface area contributed by atoms with Gasteiger partial charge in [0.15, 0.2) is 0 Å². The number of aliphatic carboxylic acids is 1. The summed E-state index contributed by atoms with van der Waals surface area (Å²) >= 11 is 0. The lowest BCUT2D eigenvalue weighted by Gasteiger charge is -2.46. The van der Waals surface area contributed by atoms with Crippen molar-refractivity contribution in [3.63, 3.8) is 0 Å². The Balaban J connectivity index is 1.14. The van der Waals surface area contributed by atoms with Crippen molar-refractivity contribution in [2.75, 3.05) is 19.6 Å². The van der Waals surface area contributed by atoms with Crippen molar-refractivity contribution in [2.45, 2.75) is 57.0 Å². The highest BCUT2D eigenvalue weighted by Crippen LogP contribution is 2.36. The molecule has 0 spiro atoms. The van der Waals surface area contributed by atoms with Gasteiger partial charge in [-0.25, -0.2) is 0 Å². The summed E-state index contributed by atoms with van der Waals surface area (Å²) in [6.45, 7) is 3.63. The maximum atomic E-state index is 12.2. The van der Waals surface area contributed by atoms with E-state index in [-0.39, 0.29) is 30.8 Å². The van der Waals surface area contributed by atoms with E-state index in [0.29, 0.717) is 17.5 Å². The van der Waals surface area contributed by atoms with Crippen LogP contribution in [0.4, 0.5) is 0 Å². The van der Waals surface area contributed by atoms with Crippen molar-refractivity contribution >= 4 is 17.8 Å². The Morgan fingerprint density at radius 3 is 2.35 bits per heavy atom. The fourth-order valence-corrected chi connectivity index (χ4v) is 5.09. The van der Waals surface area contributed by atoms with Crippen LogP contribution >= 0.6 is 0 Å². The summed E-state index contributed by atoms with van der Waals surface area (Å²) in [6.07, 6.45) is 4.59. The van der Waals surface area contributed by atoms with Gasteiger partial charge in [-0.2, -0.15) is 0 Å². The minimum atomic E-state index is -0.802. The summed E-state index contributed by atoms with van der Waals surface area (Å²) in [4.78, 5) is 37.7. The van der Waals surface area contributed by atoms with Crippen molar-refractivity contribution < 1.29 is 19.5 Å². The van der Waals surface area contributed by atoms with E-state index >= 15 is 0 Å². The molecule has 1 saturated carbocycles. The van der Waals surface area contributed by atoms with Crippen molar-refractivity contribution in [3.8, 4) is 0 Å². The number of carboxylic acid groups (broad SMARTS) is 1. The first-order valence-electron chi connectivity index (χ1n) is 12.1. The van der Waals surface area contributed by atoms with Gasteiger partial charge >= 0.3 is 5.97 Å². The second kappa shape index (κ2) is 10.8. The zero-order valence-corrected chi connectivity index (χ0v) is 19.6. The molecule has 1 saturated heterocycles. The highest BCUT2D eigenvalue weighted by molar-refractivity contribution is 5.96.